The lowest BCUT2D eigenvalue weighted by molar-refractivity contribution is 1.23. The first-order valence-corrected chi connectivity index (χ1v) is 5.88. The van der Waals surface area contributed by atoms with Gasteiger partial charge in [0.2, 0.25) is 0 Å². The van der Waals surface area contributed by atoms with Crippen LogP contribution in [0.1, 0.15) is 0 Å². The number of benzene rings is 2. The minimum absolute atomic E-state index is 0.490. The van der Waals surface area contributed by atoms with Gasteiger partial charge in [-0.05, 0) is 23.8 Å². The molecule has 0 bridgehead atoms. The summed E-state index contributed by atoms with van der Waals surface area (Å²) in [5.41, 5.74) is 8.72. The predicted molar refractivity (Wildman–Crippen MR) is 74.4 cm³/mol. The molecule has 3 aromatic rings. The Morgan fingerprint density at radius 2 is 1.83 bits per heavy atom. The van der Waals surface area contributed by atoms with E-state index >= 15 is 0 Å². The van der Waals surface area contributed by atoms with E-state index in [-0.39, 0.29) is 0 Å². The summed E-state index contributed by atoms with van der Waals surface area (Å²) < 4.78 is 0. The fraction of sp³-hybridized carbons (Fsp3) is 0. The highest BCUT2D eigenvalue weighted by Gasteiger charge is 2.07. The van der Waals surface area contributed by atoms with Gasteiger partial charge in [-0.1, -0.05) is 35.9 Å². The van der Waals surface area contributed by atoms with E-state index in [2.05, 4.69) is 9.97 Å². The molecule has 0 fully saturated rings. The second-order valence-corrected chi connectivity index (χ2v) is 4.41. The van der Waals surface area contributed by atoms with E-state index < -0.39 is 0 Å². The molecule has 2 aromatic carbocycles. The molecule has 3 nitrogen and oxygen atoms in total. The first-order chi connectivity index (χ1) is 8.75. The molecule has 0 aliphatic rings. The summed E-state index contributed by atoms with van der Waals surface area (Å²) in [5.74, 6) is 0.490. The van der Waals surface area contributed by atoms with Crippen molar-refractivity contribution < 1.29 is 0 Å². The molecule has 2 N–H and O–H groups in total. The van der Waals surface area contributed by atoms with Crippen molar-refractivity contribution in [1.29, 1.82) is 0 Å². The smallest absolute Gasteiger partial charge is 0.134 e. The fourth-order valence-electron chi connectivity index (χ4n) is 2.00. The number of nitrogen functional groups attached to an aromatic ring is 1. The van der Waals surface area contributed by atoms with Crippen LogP contribution >= 0.6 is 11.6 Å². The minimum Gasteiger partial charge on any atom is -0.383 e. The van der Waals surface area contributed by atoms with Crippen LogP contribution in [0.5, 0.6) is 0 Å². The number of rotatable bonds is 1. The van der Waals surface area contributed by atoms with Gasteiger partial charge in [-0.3, -0.25) is 0 Å². The number of fused-ring (bicyclic) bond motifs is 1. The summed E-state index contributed by atoms with van der Waals surface area (Å²) >= 11 is 6.02. The van der Waals surface area contributed by atoms with Crippen molar-refractivity contribution in [2.75, 3.05) is 5.73 Å². The second-order valence-electron chi connectivity index (χ2n) is 3.97. The number of anilines is 1. The average Bonchev–Trinajstić information content (AvgIpc) is 2.39. The van der Waals surface area contributed by atoms with Crippen molar-refractivity contribution in [3.8, 4) is 11.1 Å². The SMILES string of the molecule is Nc1ncnc2c(-c3cccc(Cl)c3)cccc12. The Labute approximate surface area is 109 Å². The quantitative estimate of drug-likeness (QED) is 0.724. The highest BCUT2D eigenvalue weighted by Crippen LogP contribution is 2.30. The van der Waals surface area contributed by atoms with Gasteiger partial charge in [-0.25, -0.2) is 9.97 Å². The molecule has 0 aliphatic carbocycles. The molecule has 0 amide bonds. The maximum atomic E-state index is 6.02. The molecule has 3 rings (SSSR count). The van der Waals surface area contributed by atoms with E-state index in [9.17, 15) is 0 Å². The van der Waals surface area contributed by atoms with Gasteiger partial charge in [0.05, 0.1) is 5.52 Å². The fourth-order valence-corrected chi connectivity index (χ4v) is 2.19. The number of para-hydroxylation sites is 1. The van der Waals surface area contributed by atoms with Gasteiger partial charge in [0, 0.05) is 16.0 Å². The van der Waals surface area contributed by atoms with Crippen molar-refractivity contribution in [3.05, 3.63) is 53.8 Å². The molecule has 18 heavy (non-hydrogen) atoms. The van der Waals surface area contributed by atoms with Crippen LogP contribution in [-0.2, 0) is 0 Å². The van der Waals surface area contributed by atoms with E-state index in [1.165, 1.54) is 6.33 Å². The van der Waals surface area contributed by atoms with Crippen molar-refractivity contribution in [3.63, 3.8) is 0 Å². The first-order valence-electron chi connectivity index (χ1n) is 5.51. The van der Waals surface area contributed by atoms with Crippen molar-refractivity contribution in [1.82, 2.24) is 9.97 Å². The highest BCUT2D eigenvalue weighted by molar-refractivity contribution is 6.30. The molecule has 1 heterocycles. The van der Waals surface area contributed by atoms with Crippen LogP contribution in [0.25, 0.3) is 22.0 Å². The lowest BCUT2D eigenvalue weighted by Crippen LogP contribution is -1.94. The number of hydrogen-bond acceptors (Lipinski definition) is 3. The van der Waals surface area contributed by atoms with Crippen molar-refractivity contribution in [2.24, 2.45) is 0 Å². The zero-order valence-electron chi connectivity index (χ0n) is 9.47. The topological polar surface area (TPSA) is 51.8 Å². The van der Waals surface area contributed by atoms with Gasteiger partial charge in [-0.15, -0.1) is 0 Å². The minimum atomic E-state index is 0.490. The third kappa shape index (κ3) is 1.79. The van der Waals surface area contributed by atoms with Gasteiger partial charge in [-0.2, -0.15) is 0 Å². The van der Waals surface area contributed by atoms with Crippen LogP contribution in [-0.4, -0.2) is 9.97 Å². The lowest BCUT2D eigenvalue weighted by Gasteiger charge is -2.07. The monoisotopic (exact) mass is 255 g/mol. The number of nitrogens with two attached hydrogens (primary N) is 1. The third-order valence-corrected chi connectivity index (χ3v) is 3.07. The third-order valence-electron chi connectivity index (χ3n) is 2.83. The molecule has 0 atom stereocenters. The molecule has 0 aliphatic heterocycles. The van der Waals surface area contributed by atoms with Gasteiger partial charge < -0.3 is 5.73 Å². The standard InChI is InChI=1S/C14H10ClN3/c15-10-4-1-3-9(7-10)11-5-2-6-12-13(11)17-8-18-14(12)16/h1-8H,(H2,16,17,18). The van der Waals surface area contributed by atoms with Gasteiger partial charge in [0.15, 0.2) is 0 Å². The van der Waals surface area contributed by atoms with Gasteiger partial charge in [0.1, 0.15) is 12.1 Å². The summed E-state index contributed by atoms with van der Waals surface area (Å²) in [6.45, 7) is 0. The summed E-state index contributed by atoms with van der Waals surface area (Å²) in [4.78, 5) is 8.31. The Hall–Kier alpha value is -2.13. The molecule has 0 unspecified atom stereocenters. The van der Waals surface area contributed by atoms with Crippen LogP contribution in [0.2, 0.25) is 5.02 Å². The maximum Gasteiger partial charge on any atom is 0.134 e. The molecule has 0 spiro atoms. The number of halogens is 1. The van der Waals surface area contributed by atoms with Crippen LogP contribution in [0, 0.1) is 0 Å². The zero-order chi connectivity index (χ0) is 12.5. The van der Waals surface area contributed by atoms with Gasteiger partial charge in [0.25, 0.3) is 0 Å². The van der Waals surface area contributed by atoms with Gasteiger partial charge >= 0.3 is 0 Å². The molecule has 4 heteroatoms. The molecular formula is C14H10ClN3. The highest BCUT2D eigenvalue weighted by atomic mass is 35.5. The summed E-state index contributed by atoms with van der Waals surface area (Å²) in [6.07, 6.45) is 1.48. The number of hydrogen-bond donors (Lipinski definition) is 1. The molecule has 1 aromatic heterocycles. The second kappa shape index (κ2) is 4.27. The van der Waals surface area contributed by atoms with Crippen molar-refractivity contribution >= 4 is 28.3 Å². The van der Waals surface area contributed by atoms with E-state index in [1.807, 2.05) is 42.5 Å². The van der Waals surface area contributed by atoms with Crippen LogP contribution in [0.4, 0.5) is 5.82 Å². The molecule has 0 saturated carbocycles. The van der Waals surface area contributed by atoms with E-state index in [0.29, 0.717) is 10.8 Å². The Morgan fingerprint density at radius 1 is 1.00 bits per heavy atom. The van der Waals surface area contributed by atoms with E-state index in [4.69, 9.17) is 17.3 Å². The first kappa shape index (κ1) is 11.0. The number of aromatic nitrogens is 2. The summed E-state index contributed by atoms with van der Waals surface area (Å²) in [7, 11) is 0. The largest absolute Gasteiger partial charge is 0.383 e. The van der Waals surface area contributed by atoms with E-state index in [1.54, 1.807) is 0 Å². The van der Waals surface area contributed by atoms with Crippen LogP contribution in [0.3, 0.4) is 0 Å². The molecule has 0 radical (unpaired) electrons. The Bertz CT molecular complexity index is 725. The predicted octanol–water partition coefficient (Wildman–Crippen LogP) is 3.53. The van der Waals surface area contributed by atoms with E-state index in [0.717, 1.165) is 22.0 Å². The molecular weight excluding hydrogens is 246 g/mol. The molecule has 88 valence electrons. The maximum absolute atomic E-state index is 6.02. The lowest BCUT2D eigenvalue weighted by atomic mass is 10.0. The molecule has 0 saturated heterocycles. The van der Waals surface area contributed by atoms with Crippen LogP contribution < -0.4 is 5.73 Å². The number of nitrogens with zero attached hydrogens (tertiary/aromatic N) is 2. The average molecular weight is 256 g/mol. The summed E-state index contributed by atoms with van der Waals surface area (Å²) in [5, 5.41) is 1.56. The van der Waals surface area contributed by atoms with Crippen LogP contribution in [0.15, 0.2) is 48.8 Å². The Balaban J connectivity index is 2.33. The zero-order valence-corrected chi connectivity index (χ0v) is 10.2. The summed E-state index contributed by atoms with van der Waals surface area (Å²) in [6, 6.07) is 13.5. The normalized spacial score (nSPS) is 10.7. The Morgan fingerprint density at radius 3 is 2.67 bits per heavy atom. The van der Waals surface area contributed by atoms with Crippen molar-refractivity contribution in [2.45, 2.75) is 0 Å². The Kier molecular flexibility index (Phi) is 2.61.